The van der Waals surface area contributed by atoms with Gasteiger partial charge in [-0.3, -0.25) is 4.79 Å². The first-order valence-corrected chi connectivity index (χ1v) is 5.79. The molecule has 2 aromatic rings. The third-order valence-corrected chi connectivity index (χ3v) is 2.86. The van der Waals surface area contributed by atoms with Gasteiger partial charge in [-0.15, -0.1) is 0 Å². The molecule has 0 radical (unpaired) electrons. The summed E-state index contributed by atoms with van der Waals surface area (Å²) in [6, 6.07) is 12.1. The number of carbonyl (C=O) groups is 2. The summed E-state index contributed by atoms with van der Waals surface area (Å²) in [6.45, 7) is 0.271. The smallest absolute Gasteiger partial charge is 0.330 e. The summed E-state index contributed by atoms with van der Waals surface area (Å²) in [5.41, 5.74) is 1.59. The van der Waals surface area contributed by atoms with E-state index in [9.17, 15) is 9.59 Å². The van der Waals surface area contributed by atoms with Gasteiger partial charge in [0.1, 0.15) is 0 Å². The molecule has 1 aromatic heterocycles. The lowest BCUT2D eigenvalue weighted by molar-refractivity contribution is -0.0822. The number of carbonyl (C=O) groups excluding carboxylic acids is 2. The number of fused-ring (bicyclic) bond motifs is 1. The fourth-order valence-electron chi connectivity index (χ4n) is 1.93. The molecule has 1 aliphatic rings. The van der Waals surface area contributed by atoms with Crippen molar-refractivity contribution in [1.82, 2.24) is 10.0 Å². The molecule has 5 heteroatoms. The number of nitrogens with zero attached hydrogens (tertiary/aromatic N) is 2. The fraction of sp³-hybridized carbons (Fsp3) is 0.0714. The zero-order valence-electron chi connectivity index (χ0n) is 9.95. The largest absolute Gasteiger partial charge is 0.381 e. The first-order valence-electron chi connectivity index (χ1n) is 5.79. The van der Waals surface area contributed by atoms with Crippen molar-refractivity contribution in [2.24, 2.45) is 0 Å². The highest BCUT2D eigenvalue weighted by molar-refractivity contribution is 5.99. The normalized spacial score (nSPS) is 13.3. The monoisotopic (exact) mass is 254 g/mol. The maximum Gasteiger partial charge on any atom is 0.381 e. The number of rotatable bonds is 2. The van der Waals surface area contributed by atoms with E-state index in [0.29, 0.717) is 5.56 Å². The van der Waals surface area contributed by atoms with Gasteiger partial charge in [-0.1, -0.05) is 24.3 Å². The Morgan fingerprint density at radius 1 is 1.16 bits per heavy atom. The van der Waals surface area contributed by atoms with Crippen LogP contribution >= 0.6 is 0 Å². The first kappa shape index (κ1) is 11.4. The van der Waals surface area contributed by atoms with Gasteiger partial charge in [-0.2, -0.15) is 5.06 Å². The van der Waals surface area contributed by atoms with Crippen molar-refractivity contribution in [3.63, 3.8) is 0 Å². The number of pyridine rings is 1. The molecule has 0 saturated heterocycles. The van der Waals surface area contributed by atoms with Gasteiger partial charge in [0.05, 0.1) is 6.54 Å². The standard InChI is InChI=1S/C14H10N2O3/c17-13-11-6-2-1-5-10(11)9-16(13)19-14(18)12-7-3-4-8-15-12/h1-8H,9H2. The van der Waals surface area contributed by atoms with Crippen LogP contribution < -0.4 is 0 Å². The van der Waals surface area contributed by atoms with Crippen molar-refractivity contribution in [3.8, 4) is 0 Å². The molecule has 0 spiro atoms. The average Bonchev–Trinajstić information content (AvgIpc) is 2.77. The molecule has 2 heterocycles. The van der Waals surface area contributed by atoms with Crippen LogP contribution in [0.2, 0.25) is 0 Å². The summed E-state index contributed by atoms with van der Waals surface area (Å²) in [7, 11) is 0. The number of benzene rings is 1. The number of amides is 1. The van der Waals surface area contributed by atoms with Gasteiger partial charge < -0.3 is 4.84 Å². The molecule has 0 bridgehead atoms. The summed E-state index contributed by atoms with van der Waals surface area (Å²) < 4.78 is 0. The van der Waals surface area contributed by atoms with Crippen molar-refractivity contribution < 1.29 is 14.4 Å². The molecule has 0 saturated carbocycles. The van der Waals surface area contributed by atoms with E-state index in [-0.39, 0.29) is 18.1 Å². The number of aromatic nitrogens is 1. The van der Waals surface area contributed by atoms with E-state index >= 15 is 0 Å². The minimum absolute atomic E-state index is 0.172. The molecule has 0 fully saturated rings. The Morgan fingerprint density at radius 3 is 2.68 bits per heavy atom. The lowest BCUT2D eigenvalue weighted by atomic mass is 10.1. The highest BCUT2D eigenvalue weighted by Crippen LogP contribution is 2.22. The van der Waals surface area contributed by atoms with Gasteiger partial charge in [0.25, 0.3) is 5.91 Å². The SMILES string of the molecule is O=C(ON1Cc2ccccc2C1=O)c1ccccn1. The van der Waals surface area contributed by atoms with Crippen LogP contribution in [-0.2, 0) is 11.4 Å². The molecule has 19 heavy (non-hydrogen) atoms. The Bertz CT molecular complexity index is 640. The summed E-state index contributed by atoms with van der Waals surface area (Å²) in [4.78, 5) is 32.8. The summed E-state index contributed by atoms with van der Waals surface area (Å²) in [5, 5.41) is 1.06. The van der Waals surface area contributed by atoms with Crippen molar-refractivity contribution in [2.45, 2.75) is 6.54 Å². The van der Waals surface area contributed by atoms with Crippen molar-refractivity contribution >= 4 is 11.9 Å². The lowest BCUT2D eigenvalue weighted by Crippen LogP contribution is -2.28. The quantitative estimate of drug-likeness (QED) is 0.820. The van der Waals surface area contributed by atoms with Gasteiger partial charge in [0.2, 0.25) is 0 Å². The Hall–Kier alpha value is -2.69. The van der Waals surface area contributed by atoms with Crippen LogP contribution in [0.1, 0.15) is 26.4 Å². The van der Waals surface area contributed by atoms with Crippen LogP contribution in [0.4, 0.5) is 0 Å². The van der Waals surface area contributed by atoms with E-state index in [1.54, 1.807) is 24.3 Å². The summed E-state index contributed by atoms with van der Waals surface area (Å²) in [5.74, 6) is -0.943. The van der Waals surface area contributed by atoms with Crippen LogP contribution in [0.5, 0.6) is 0 Å². The minimum Gasteiger partial charge on any atom is -0.330 e. The molecule has 0 atom stereocenters. The maximum absolute atomic E-state index is 12.0. The van der Waals surface area contributed by atoms with E-state index in [4.69, 9.17) is 4.84 Å². The van der Waals surface area contributed by atoms with Crippen LogP contribution in [0.3, 0.4) is 0 Å². The lowest BCUT2D eigenvalue weighted by Gasteiger charge is -2.13. The third kappa shape index (κ3) is 2.06. The highest BCUT2D eigenvalue weighted by Gasteiger charge is 2.30. The predicted octanol–water partition coefficient (Wildman–Crippen LogP) is 1.81. The Balaban J connectivity index is 1.77. The van der Waals surface area contributed by atoms with E-state index in [0.717, 1.165) is 10.6 Å². The highest BCUT2D eigenvalue weighted by atomic mass is 16.7. The molecular weight excluding hydrogens is 244 g/mol. The second-order valence-corrected chi connectivity index (χ2v) is 4.09. The predicted molar refractivity (Wildman–Crippen MR) is 66.0 cm³/mol. The van der Waals surface area contributed by atoms with Crippen molar-refractivity contribution in [3.05, 3.63) is 65.5 Å². The van der Waals surface area contributed by atoms with Gasteiger partial charge in [0.15, 0.2) is 5.69 Å². The summed E-state index contributed by atoms with van der Waals surface area (Å²) in [6.07, 6.45) is 1.50. The zero-order valence-corrected chi connectivity index (χ0v) is 9.95. The average molecular weight is 254 g/mol. The van der Waals surface area contributed by atoms with Gasteiger partial charge in [-0.05, 0) is 23.8 Å². The van der Waals surface area contributed by atoms with Gasteiger partial charge in [0, 0.05) is 11.8 Å². The molecule has 0 unspecified atom stereocenters. The van der Waals surface area contributed by atoms with E-state index in [1.807, 2.05) is 12.1 Å². The second kappa shape index (κ2) is 4.53. The van der Waals surface area contributed by atoms with Crippen molar-refractivity contribution in [1.29, 1.82) is 0 Å². The maximum atomic E-state index is 12.0. The second-order valence-electron chi connectivity index (χ2n) is 4.09. The molecule has 1 amide bonds. The molecule has 1 aliphatic heterocycles. The minimum atomic E-state index is -0.637. The third-order valence-electron chi connectivity index (χ3n) is 2.86. The Morgan fingerprint density at radius 2 is 1.95 bits per heavy atom. The fourth-order valence-corrected chi connectivity index (χ4v) is 1.93. The number of hydrogen-bond acceptors (Lipinski definition) is 4. The molecule has 1 aromatic carbocycles. The molecule has 5 nitrogen and oxygen atoms in total. The number of hydrogen-bond donors (Lipinski definition) is 0. The zero-order chi connectivity index (χ0) is 13.2. The van der Waals surface area contributed by atoms with Gasteiger partial charge >= 0.3 is 5.97 Å². The molecular formula is C14H10N2O3. The first-order chi connectivity index (χ1) is 9.25. The topological polar surface area (TPSA) is 59.5 Å². The molecule has 0 aliphatic carbocycles. The van der Waals surface area contributed by atoms with Crippen LogP contribution in [0.15, 0.2) is 48.7 Å². The Labute approximate surface area is 109 Å². The molecule has 94 valence electrons. The summed E-state index contributed by atoms with van der Waals surface area (Å²) >= 11 is 0. The van der Waals surface area contributed by atoms with E-state index in [1.165, 1.54) is 12.3 Å². The van der Waals surface area contributed by atoms with Crippen LogP contribution in [0, 0.1) is 0 Å². The molecule has 3 rings (SSSR count). The Kier molecular flexibility index (Phi) is 2.72. The van der Waals surface area contributed by atoms with Gasteiger partial charge in [-0.25, -0.2) is 9.78 Å². The molecule has 0 N–H and O–H groups in total. The van der Waals surface area contributed by atoms with E-state index in [2.05, 4.69) is 4.98 Å². The van der Waals surface area contributed by atoms with Crippen LogP contribution in [-0.4, -0.2) is 21.9 Å². The van der Waals surface area contributed by atoms with Crippen molar-refractivity contribution in [2.75, 3.05) is 0 Å². The number of hydroxylamine groups is 2. The van der Waals surface area contributed by atoms with E-state index < -0.39 is 5.97 Å². The van der Waals surface area contributed by atoms with Crippen LogP contribution in [0.25, 0.3) is 0 Å².